The van der Waals surface area contributed by atoms with E-state index in [0.717, 1.165) is 25.1 Å². The smallest absolute Gasteiger partial charge is 0.248 e. The fourth-order valence-corrected chi connectivity index (χ4v) is 2.02. The zero-order valence-corrected chi connectivity index (χ0v) is 11.3. The average molecular weight is 269 g/mol. The van der Waals surface area contributed by atoms with Gasteiger partial charge in [0.15, 0.2) is 0 Å². The lowest BCUT2D eigenvalue weighted by Crippen LogP contribution is -2.12. The maximum atomic E-state index is 11.1. The quantitative estimate of drug-likeness (QED) is 0.556. The molecule has 0 aromatic heterocycles. The summed E-state index contributed by atoms with van der Waals surface area (Å²) >= 11 is 0. The summed E-state index contributed by atoms with van der Waals surface area (Å²) in [6.45, 7) is 0.793. The van der Waals surface area contributed by atoms with Crippen molar-refractivity contribution in [3.05, 3.63) is 59.7 Å². The van der Waals surface area contributed by atoms with Gasteiger partial charge in [0, 0.05) is 12.1 Å². The van der Waals surface area contributed by atoms with Crippen LogP contribution < -0.4 is 16.8 Å². The first-order chi connectivity index (χ1) is 9.66. The average Bonchev–Trinajstić information content (AvgIpc) is 2.46. The lowest BCUT2D eigenvalue weighted by molar-refractivity contribution is 0.100. The molecule has 0 radical (unpaired) electrons. The molecule has 4 heteroatoms. The number of carbonyl (C=O) groups excluding carboxylic acids is 1. The van der Waals surface area contributed by atoms with E-state index in [-0.39, 0.29) is 0 Å². The van der Waals surface area contributed by atoms with E-state index < -0.39 is 5.91 Å². The van der Waals surface area contributed by atoms with Gasteiger partial charge in [-0.1, -0.05) is 30.3 Å². The van der Waals surface area contributed by atoms with Crippen LogP contribution >= 0.6 is 0 Å². The molecular formula is C16H19N3O. The predicted octanol–water partition coefficient (Wildman–Crippen LogP) is 2.41. The van der Waals surface area contributed by atoms with Crippen molar-refractivity contribution in [2.75, 3.05) is 17.6 Å². The Hall–Kier alpha value is -2.49. The Morgan fingerprint density at radius 1 is 1.10 bits per heavy atom. The third kappa shape index (κ3) is 3.75. The number of carbonyl (C=O) groups is 1. The number of hydrogen-bond donors (Lipinski definition) is 3. The van der Waals surface area contributed by atoms with Crippen molar-refractivity contribution in [2.45, 2.75) is 12.8 Å². The highest BCUT2D eigenvalue weighted by molar-refractivity contribution is 5.94. The molecule has 0 aliphatic carbocycles. The Balaban J connectivity index is 1.88. The van der Waals surface area contributed by atoms with E-state index in [0.29, 0.717) is 11.3 Å². The third-order valence-corrected chi connectivity index (χ3v) is 3.14. The Morgan fingerprint density at radius 3 is 2.55 bits per heavy atom. The molecule has 2 rings (SSSR count). The summed E-state index contributed by atoms with van der Waals surface area (Å²) < 4.78 is 0. The van der Waals surface area contributed by atoms with Gasteiger partial charge in [0.05, 0.1) is 11.4 Å². The van der Waals surface area contributed by atoms with Crippen molar-refractivity contribution >= 4 is 17.3 Å². The van der Waals surface area contributed by atoms with Crippen molar-refractivity contribution in [2.24, 2.45) is 5.73 Å². The van der Waals surface area contributed by atoms with E-state index in [4.69, 9.17) is 11.5 Å². The molecule has 0 atom stereocenters. The fourth-order valence-electron chi connectivity index (χ4n) is 2.02. The Labute approximate surface area is 118 Å². The molecule has 0 spiro atoms. The van der Waals surface area contributed by atoms with Gasteiger partial charge in [-0.2, -0.15) is 0 Å². The largest absolute Gasteiger partial charge is 0.397 e. The van der Waals surface area contributed by atoms with E-state index in [2.05, 4.69) is 17.4 Å². The third-order valence-electron chi connectivity index (χ3n) is 3.14. The fraction of sp³-hybridized carbons (Fsp3) is 0.188. The molecule has 1 amide bonds. The first-order valence-electron chi connectivity index (χ1n) is 6.64. The number of aryl methyl sites for hydroxylation is 1. The maximum absolute atomic E-state index is 11.1. The minimum Gasteiger partial charge on any atom is -0.397 e. The van der Waals surface area contributed by atoms with Crippen molar-refractivity contribution < 1.29 is 4.79 Å². The standard InChI is InChI=1S/C16H19N3O/c17-14-9-8-13(16(18)20)11-15(14)19-10-4-7-12-5-2-1-3-6-12/h1-3,5-6,8-9,11,19H,4,7,10,17H2,(H2,18,20). The van der Waals surface area contributed by atoms with E-state index >= 15 is 0 Å². The van der Waals surface area contributed by atoms with Crippen LogP contribution in [-0.4, -0.2) is 12.5 Å². The number of benzene rings is 2. The molecule has 0 unspecified atom stereocenters. The minimum atomic E-state index is -0.447. The van der Waals surface area contributed by atoms with Crippen LogP contribution in [0, 0.1) is 0 Å². The number of anilines is 2. The van der Waals surface area contributed by atoms with Gasteiger partial charge < -0.3 is 16.8 Å². The number of hydrogen-bond acceptors (Lipinski definition) is 3. The molecule has 0 saturated heterocycles. The molecular weight excluding hydrogens is 250 g/mol. The highest BCUT2D eigenvalue weighted by Crippen LogP contribution is 2.19. The van der Waals surface area contributed by atoms with Gasteiger partial charge in [0.25, 0.3) is 0 Å². The van der Waals surface area contributed by atoms with Gasteiger partial charge in [-0.15, -0.1) is 0 Å². The Kier molecular flexibility index (Phi) is 4.60. The molecule has 0 heterocycles. The topological polar surface area (TPSA) is 81.1 Å². The van der Waals surface area contributed by atoms with E-state index in [1.807, 2.05) is 18.2 Å². The molecule has 104 valence electrons. The zero-order chi connectivity index (χ0) is 14.4. The monoisotopic (exact) mass is 269 g/mol. The van der Waals surface area contributed by atoms with Crippen LogP contribution in [0.3, 0.4) is 0 Å². The van der Waals surface area contributed by atoms with Gasteiger partial charge >= 0.3 is 0 Å². The SMILES string of the molecule is NC(=O)c1ccc(N)c(NCCCc2ccccc2)c1. The molecule has 5 N–H and O–H groups in total. The zero-order valence-electron chi connectivity index (χ0n) is 11.3. The predicted molar refractivity (Wildman–Crippen MR) is 82.6 cm³/mol. The van der Waals surface area contributed by atoms with Crippen LogP contribution in [-0.2, 0) is 6.42 Å². The second-order valence-corrected chi connectivity index (χ2v) is 4.68. The summed E-state index contributed by atoms with van der Waals surface area (Å²) in [4.78, 5) is 11.1. The summed E-state index contributed by atoms with van der Waals surface area (Å²) in [5, 5.41) is 3.25. The van der Waals surface area contributed by atoms with Crippen molar-refractivity contribution in [1.29, 1.82) is 0 Å². The van der Waals surface area contributed by atoms with Crippen LogP contribution in [0.15, 0.2) is 48.5 Å². The molecule has 2 aromatic rings. The number of amides is 1. The van der Waals surface area contributed by atoms with Crippen LogP contribution in [0.5, 0.6) is 0 Å². The number of nitrogen functional groups attached to an aromatic ring is 1. The second kappa shape index (κ2) is 6.61. The van der Waals surface area contributed by atoms with E-state index in [1.54, 1.807) is 18.2 Å². The first kappa shape index (κ1) is 13.9. The van der Waals surface area contributed by atoms with Crippen molar-refractivity contribution in [3.63, 3.8) is 0 Å². The number of primary amides is 1. The van der Waals surface area contributed by atoms with Crippen LogP contribution in [0.4, 0.5) is 11.4 Å². The van der Waals surface area contributed by atoms with Crippen LogP contribution in [0.25, 0.3) is 0 Å². The Bertz CT molecular complexity index is 582. The van der Waals surface area contributed by atoms with Crippen LogP contribution in [0.1, 0.15) is 22.3 Å². The first-order valence-corrected chi connectivity index (χ1v) is 6.64. The van der Waals surface area contributed by atoms with Crippen LogP contribution in [0.2, 0.25) is 0 Å². The molecule has 0 saturated carbocycles. The summed E-state index contributed by atoms with van der Waals surface area (Å²) in [6.07, 6.45) is 1.99. The lowest BCUT2D eigenvalue weighted by atomic mass is 10.1. The summed E-state index contributed by atoms with van der Waals surface area (Å²) in [5.74, 6) is -0.447. The molecule has 20 heavy (non-hydrogen) atoms. The molecule has 0 bridgehead atoms. The maximum Gasteiger partial charge on any atom is 0.248 e. The molecule has 0 aliphatic heterocycles. The molecule has 0 aliphatic rings. The minimum absolute atomic E-state index is 0.447. The highest BCUT2D eigenvalue weighted by Gasteiger charge is 2.04. The molecule has 0 fully saturated rings. The molecule has 4 nitrogen and oxygen atoms in total. The van der Waals surface area contributed by atoms with Gasteiger partial charge in [-0.3, -0.25) is 4.79 Å². The molecule has 2 aromatic carbocycles. The number of nitrogens with one attached hydrogen (secondary N) is 1. The Morgan fingerprint density at radius 2 is 1.85 bits per heavy atom. The van der Waals surface area contributed by atoms with Gasteiger partial charge in [-0.25, -0.2) is 0 Å². The van der Waals surface area contributed by atoms with Crippen molar-refractivity contribution in [3.8, 4) is 0 Å². The number of nitrogens with two attached hydrogens (primary N) is 2. The normalized spacial score (nSPS) is 10.2. The second-order valence-electron chi connectivity index (χ2n) is 4.68. The van der Waals surface area contributed by atoms with Gasteiger partial charge in [0.1, 0.15) is 0 Å². The van der Waals surface area contributed by atoms with Gasteiger partial charge in [-0.05, 0) is 36.6 Å². The summed E-state index contributed by atoms with van der Waals surface area (Å²) in [6, 6.07) is 15.3. The van der Waals surface area contributed by atoms with E-state index in [9.17, 15) is 4.79 Å². The summed E-state index contributed by atoms with van der Waals surface area (Å²) in [5.41, 5.74) is 14.3. The highest BCUT2D eigenvalue weighted by atomic mass is 16.1. The number of rotatable bonds is 6. The van der Waals surface area contributed by atoms with Gasteiger partial charge in [0.2, 0.25) is 5.91 Å². The lowest BCUT2D eigenvalue weighted by Gasteiger charge is -2.10. The summed E-state index contributed by atoms with van der Waals surface area (Å²) in [7, 11) is 0. The van der Waals surface area contributed by atoms with E-state index in [1.165, 1.54) is 5.56 Å². The van der Waals surface area contributed by atoms with Crippen molar-refractivity contribution in [1.82, 2.24) is 0 Å².